The van der Waals surface area contributed by atoms with E-state index in [1.54, 1.807) is 12.1 Å². The molecule has 1 aliphatic heterocycles. The molecule has 1 aliphatic rings. The standard InChI is InChI=1S/C25H31N5O4/c1-3-4-14-27-24(32)25(17-20-8-5-6-9-22(20)29-30-26)18(2)34-23(28-25)19-10-12-21(13-11-19)33-16-7-15-31/h5-6,8-13,18,31H,3-4,7,14-17H2,1-2H3,(H,27,32)/t18-,25-/m1/s1. The molecule has 0 radical (unpaired) electrons. The lowest BCUT2D eigenvalue weighted by molar-refractivity contribution is -0.128. The summed E-state index contributed by atoms with van der Waals surface area (Å²) < 4.78 is 11.7. The van der Waals surface area contributed by atoms with Crippen molar-refractivity contribution in [3.05, 3.63) is 70.1 Å². The molecule has 0 bridgehead atoms. The fourth-order valence-electron chi connectivity index (χ4n) is 3.77. The first-order valence-corrected chi connectivity index (χ1v) is 11.6. The van der Waals surface area contributed by atoms with Gasteiger partial charge in [0, 0.05) is 42.2 Å². The molecule has 0 spiro atoms. The maximum absolute atomic E-state index is 13.5. The van der Waals surface area contributed by atoms with Gasteiger partial charge in [-0.2, -0.15) is 0 Å². The Balaban J connectivity index is 1.93. The number of nitrogens with zero attached hydrogens (tertiary/aromatic N) is 4. The Hall–Kier alpha value is -3.55. The summed E-state index contributed by atoms with van der Waals surface area (Å²) in [5.74, 6) is 0.833. The van der Waals surface area contributed by atoms with E-state index in [4.69, 9.17) is 25.1 Å². The minimum atomic E-state index is -1.21. The lowest BCUT2D eigenvalue weighted by atomic mass is 9.85. The summed E-state index contributed by atoms with van der Waals surface area (Å²) in [5.41, 5.74) is 9.67. The van der Waals surface area contributed by atoms with Crippen LogP contribution in [-0.4, -0.2) is 48.3 Å². The van der Waals surface area contributed by atoms with E-state index in [0.717, 1.165) is 24.0 Å². The number of aliphatic imine (C=N–C) groups is 1. The molecule has 1 heterocycles. The zero-order valence-corrected chi connectivity index (χ0v) is 19.6. The van der Waals surface area contributed by atoms with E-state index in [1.165, 1.54) is 0 Å². The molecule has 2 atom stereocenters. The van der Waals surface area contributed by atoms with Gasteiger partial charge < -0.3 is 19.9 Å². The minimum Gasteiger partial charge on any atom is -0.494 e. The molecule has 0 fully saturated rings. The van der Waals surface area contributed by atoms with Gasteiger partial charge in [-0.05, 0) is 48.7 Å². The Bertz CT molecular complexity index is 1050. The maximum atomic E-state index is 13.5. The number of amides is 1. The number of aliphatic hydroxyl groups excluding tert-OH is 1. The third-order valence-electron chi connectivity index (χ3n) is 5.75. The lowest BCUT2D eigenvalue weighted by Crippen LogP contribution is -2.52. The van der Waals surface area contributed by atoms with Gasteiger partial charge in [0.05, 0.1) is 6.61 Å². The van der Waals surface area contributed by atoms with Crippen LogP contribution in [0.2, 0.25) is 0 Å². The SMILES string of the molecule is CCCCNC(=O)[C@]1(Cc2ccccc2N=[N+]=[N-])N=C(c2ccc(OCCCO)cc2)O[C@@H]1C. The zero-order valence-electron chi connectivity index (χ0n) is 19.6. The van der Waals surface area contributed by atoms with Gasteiger partial charge in [-0.15, -0.1) is 0 Å². The Kier molecular flexibility index (Phi) is 8.90. The number of unbranched alkanes of at least 4 members (excludes halogenated alkanes) is 1. The van der Waals surface area contributed by atoms with Gasteiger partial charge in [0.25, 0.3) is 5.91 Å². The predicted molar refractivity (Wildman–Crippen MR) is 130 cm³/mol. The topological polar surface area (TPSA) is 129 Å². The Morgan fingerprint density at radius 3 is 2.74 bits per heavy atom. The van der Waals surface area contributed by atoms with Gasteiger partial charge in [-0.1, -0.05) is 42.7 Å². The van der Waals surface area contributed by atoms with Gasteiger partial charge in [-0.25, -0.2) is 4.99 Å². The Morgan fingerprint density at radius 2 is 2.03 bits per heavy atom. The van der Waals surface area contributed by atoms with Crippen molar-refractivity contribution in [1.29, 1.82) is 0 Å². The van der Waals surface area contributed by atoms with Gasteiger partial charge in [-0.3, -0.25) is 4.79 Å². The fraction of sp³-hybridized carbons (Fsp3) is 0.440. The number of carbonyl (C=O) groups is 1. The summed E-state index contributed by atoms with van der Waals surface area (Å²) >= 11 is 0. The molecule has 2 aromatic carbocycles. The molecular formula is C25H31N5O4. The maximum Gasteiger partial charge on any atom is 0.252 e. The number of rotatable bonds is 12. The third-order valence-corrected chi connectivity index (χ3v) is 5.75. The molecule has 0 saturated carbocycles. The highest BCUT2D eigenvalue weighted by atomic mass is 16.5. The quantitative estimate of drug-likeness (QED) is 0.208. The molecule has 0 unspecified atom stereocenters. The van der Waals surface area contributed by atoms with E-state index in [2.05, 4.69) is 22.3 Å². The Labute approximate surface area is 199 Å². The van der Waals surface area contributed by atoms with Crippen LogP contribution < -0.4 is 10.1 Å². The summed E-state index contributed by atoms with van der Waals surface area (Å²) in [6.07, 6.45) is 2.07. The molecule has 9 heteroatoms. The summed E-state index contributed by atoms with van der Waals surface area (Å²) in [6.45, 7) is 4.94. The number of azide groups is 1. The van der Waals surface area contributed by atoms with Crippen molar-refractivity contribution in [3.8, 4) is 5.75 Å². The number of hydrogen-bond acceptors (Lipinski definition) is 6. The van der Waals surface area contributed by atoms with Crippen molar-refractivity contribution in [2.24, 2.45) is 10.1 Å². The highest BCUT2D eigenvalue weighted by molar-refractivity contribution is 6.01. The van der Waals surface area contributed by atoms with E-state index in [0.29, 0.717) is 36.9 Å². The van der Waals surface area contributed by atoms with Crippen LogP contribution in [0.3, 0.4) is 0 Å². The van der Waals surface area contributed by atoms with Crippen LogP contribution in [-0.2, 0) is 16.0 Å². The van der Waals surface area contributed by atoms with Crippen molar-refractivity contribution in [3.63, 3.8) is 0 Å². The van der Waals surface area contributed by atoms with Crippen molar-refractivity contribution in [2.45, 2.75) is 51.2 Å². The van der Waals surface area contributed by atoms with Crippen molar-refractivity contribution in [1.82, 2.24) is 5.32 Å². The number of hydrogen-bond donors (Lipinski definition) is 2. The summed E-state index contributed by atoms with van der Waals surface area (Å²) in [4.78, 5) is 21.2. The number of carbonyl (C=O) groups excluding carboxylic acids is 1. The first-order chi connectivity index (χ1) is 16.5. The first-order valence-electron chi connectivity index (χ1n) is 11.6. The highest BCUT2D eigenvalue weighted by Crippen LogP contribution is 2.35. The van der Waals surface area contributed by atoms with E-state index in [-0.39, 0.29) is 18.9 Å². The second-order valence-corrected chi connectivity index (χ2v) is 8.16. The smallest absolute Gasteiger partial charge is 0.252 e. The summed E-state index contributed by atoms with van der Waals surface area (Å²) in [6, 6.07) is 14.5. The third kappa shape index (κ3) is 5.87. The molecule has 1 amide bonds. The van der Waals surface area contributed by atoms with Crippen LogP contribution in [0.25, 0.3) is 10.4 Å². The molecule has 3 rings (SSSR count). The Morgan fingerprint density at radius 1 is 1.26 bits per heavy atom. The van der Waals surface area contributed by atoms with E-state index in [1.807, 2.05) is 43.3 Å². The highest BCUT2D eigenvalue weighted by Gasteiger charge is 2.50. The fourth-order valence-corrected chi connectivity index (χ4v) is 3.77. The van der Waals surface area contributed by atoms with Crippen LogP contribution >= 0.6 is 0 Å². The molecule has 34 heavy (non-hydrogen) atoms. The number of nitrogens with one attached hydrogen (secondary N) is 1. The van der Waals surface area contributed by atoms with Crippen LogP contribution in [0.1, 0.15) is 44.2 Å². The van der Waals surface area contributed by atoms with Crippen LogP contribution in [0.4, 0.5) is 5.69 Å². The predicted octanol–water partition coefficient (Wildman–Crippen LogP) is 4.45. The van der Waals surface area contributed by atoms with E-state index < -0.39 is 11.6 Å². The number of benzene rings is 2. The molecule has 0 aromatic heterocycles. The summed E-state index contributed by atoms with van der Waals surface area (Å²) in [7, 11) is 0. The molecule has 9 nitrogen and oxygen atoms in total. The largest absolute Gasteiger partial charge is 0.494 e. The van der Waals surface area contributed by atoms with Gasteiger partial charge in [0.1, 0.15) is 11.9 Å². The first kappa shape index (κ1) is 25.1. The monoisotopic (exact) mass is 465 g/mol. The van der Waals surface area contributed by atoms with Gasteiger partial charge >= 0.3 is 0 Å². The molecule has 2 N–H and O–H groups in total. The number of aliphatic hydroxyl groups is 1. The van der Waals surface area contributed by atoms with Gasteiger partial charge in [0.2, 0.25) is 5.90 Å². The van der Waals surface area contributed by atoms with Crippen LogP contribution in [0.5, 0.6) is 5.75 Å². The molecule has 180 valence electrons. The molecule has 2 aromatic rings. The molecule has 0 aliphatic carbocycles. The van der Waals surface area contributed by atoms with Crippen molar-refractivity contribution in [2.75, 3.05) is 19.8 Å². The average molecular weight is 466 g/mol. The zero-order chi connectivity index (χ0) is 24.4. The van der Waals surface area contributed by atoms with Gasteiger partial charge in [0.15, 0.2) is 5.54 Å². The minimum absolute atomic E-state index is 0.0752. The second-order valence-electron chi connectivity index (χ2n) is 8.16. The summed E-state index contributed by atoms with van der Waals surface area (Å²) in [5, 5.41) is 15.7. The van der Waals surface area contributed by atoms with Crippen molar-refractivity contribution < 1.29 is 19.4 Å². The molecule has 0 saturated heterocycles. The lowest BCUT2D eigenvalue weighted by Gasteiger charge is -2.28. The molecular weight excluding hydrogens is 434 g/mol. The van der Waals surface area contributed by atoms with Crippen LogP contribution in [0.15, 0.2) is 58.6 Å². The average Bonchev–Trinajstić information content (AvgIpc) is 3.18. The second kappa shape index (κ2) is 12.1. The number of ether oxygens (including phenoxy) is 2. The van der Waals surface area contributed by atoms with Crippen molar-refractivity contribution >= 4 is 17.5 Å². The normalized spacial score (nSPS) is 19.0. The van der Waals surface area contributed by atoms with E-state index >= 15 is 0 Å². The van der Waals surface area contributed by atoms with E-state index in [9.17, 15) is 4.79 Å². The van der Waals surface area contributed by atoms with Crippen LogP contribution in [0, 0.1) is 0 Å².